The molecule has 0 aliphatic carbocycles. The number of amides is 2. The molecule has 1 fully saturated rings. The van der Waals surface area contributed by atoms with Gasteiger partial charge in [-0.15, -0.1) is 0 Å². The van der Waals surface area contributed by atoms with E-state index in [1.807, 2.05) is 23.0 Å². The molecule has 0 spiro atoms. The van der Waals surface area contributed by atoms with Crippen LogP contribution in [-0.4, -0.2) is 73.7 Å². The van der Waals surface area contributed by atoms with E-state index in [0.29, 0.717) is 50.2 Å². The molecule has 3 aliphatic rings. The molecule has 1 N–H and O–H groups in total. The fraction of sp³-hybridized carbons (Fsp3) is 0.474. The number of guanidine groups is 1. The Kier molecular flexibility index (Phi) is 5.03. The Balaban J connectivity index is 1.47. The maximum absolute atomic E-state index is 14.6. The zero-order chi connectivity index (χ0) is 20.7. The minimum atomic E-state index is -0.601. The van der Waals surface area contributed by atoms with Crippen LogP contribution in [0.15, 0.2) is 29.1 Å². The Morgan fingerprint density at radius 2 is 1.76 bits per heavy atom. The number of hydrogen-bond acceptors (Lipinski definition) is 6. The van der Waals surface area contributed by atoms with Gasteiger partial charge in [0.25, 0.3) is 0 Å². The van der Waals surface area contributed by atoms with Gasteiger partial charge in [-0.25, -0.2) is 13.6 Å². The minimum absolute atomic E-state index is 0.0300. The lowest BCUT2D eigenvalue weighted by Gasteiger charge is -2.39. The van der Waals surface area contributed by atoms with E-state index < -0.39 is 11.6 Å². The van der Waals surface area contributed by atoms with Crippen LogP contribution in [0.5, 0.6) is 0 Å². The lowest BCUT2D eigenvalue weighted by atomic mass is 10.1. The number of hydrogen-bond donors (Lipinski definition) is 1. The van der Waals surface area contributed by atoms with Gasteiger partial charge in [-0.05, 0) is 24.6 Å². The van der Waals surface area contributed by atoms with Crippen molar-refractivity contribution in [2.24, 2.45) is 4.99 Å². The molecule has 0 aromatic heterocycles. The fourth-order valence-corrected chi connectivity index (χ4v) is 3.71. The molecular formula is C19H24F2N6O2. The molecule has 1 unspecified atom stereocenters. The lowest BCUT2D eigenvalue weighted by molar-refractivity contribution is 0.119. The molecule has 29 heavy (non-hydrogen) atoms. The van der Waals surface area contributed by atoms with Crippen LogP contribution < -0.4 is 10.2 Å². The van der Waals surface area contributed by atoms with Crippen molar-refractivity contribution in [3.05, 3.63) is 41.4 Å². The van der Waals surface area contributed by atoms with Gasteiger partial charge in [-0.2, -0.15) is 4.99 Å². The van der Waals surface area contributed by atoms with E-state index in [0.717, 1.165) is 0 Å². The summed E-state index contributed by atoms with van der Waals surface area (Å²) in [5, 5.41) is 2.80. The molecule has 1 aromatic rings. The quantitative estimate of drug-likeness (QED) is 0.831. The van der Waals surface area contributed by atoms with Gasteiger partial charge in [0.1, 0.15) is 24.0 Å². The monoisotopic (exact) mass is 406 g/mol. The molecule has 0 radical (unpaired) electrons. The number of halogens is 2. The highest BCUT2D eigenvalue weighted by Crippen LogP contribution is 2.29. The van der Waals surface area contributed by atoms with Crippen LogP contribution in [0.1, 0.15) is 18.6 Å². The summed E-state index contributed by atoms with van der Waals surface area (Å²) >= 11 is 0. The molecular weight excluding hydrogens is 382 g/mol. The van der Waals surface area contributed by atoms with Crippen LogP contribution in [0.3, 0.4) is 0 Å². The summed E-state index contributed by atoms with van der Waals surface area (Å²) in [6, 6.07) is 2.41. The summed E-state index contributed by atoms with van der Waals surface area (Å²) in [5.74, 6) is -0.141. The first-order chi connectivity index (χ1) is 13.9. The predicted octanol–water partition coefficient (Wildman–Crippen LogP) is 1.88. The Morgan fingerprint density at radius 3 is 2.38 bits per heavy atom. The third-order valence-electron chi connectivity index (χ3n) is 5.42. The van der Waals surface area contributed by atoms with Gasteiger partial charge >= 0.3 is 6.03 Å². The molecule has 156 valence electrons. The first-order valence-corrected chi connectivity index (χ1v) is 9.48. The van der Waals surface area contributed by atoms with Crippen LogP contribution in [-0.2, 0) is 4.74 Å². The standard InChI is InChI=1S/C19H24F2N6O2/c1-12(29-3)13-8-14(20)17(15(21)9-13)25-4-6-26(7-5-25)18-22-16-10-24(2)11-27(16)19(28)23-18/h8-10,12H,4-7,11H2,1-3H3,(H,22,23,28). The zero-order valence-electron chi connectivity index (χ0n) is 16.7. The molecule has 0 bridgehead atoms. The number of carbonyl (C=O) groups is 1. The van der Waals surface area contributed by atoms with E-state index in [4.69, 9.17) is 4.74 Å². The van der Waals surface area contributed by atoms with Crippen molar-refractivity contribution in [2.75, 3.05) is 51.9 Å². The number of nitrogens with zero attached hydrogens (tertiary/aromatic N) is 5. The van der Waals surface area contributed by atoms with E-state index in [1.165, 1.54) is 19.2 Å². The molecule has 8 nitrogen and oxygen atoms in total. The number of piperazine rings is 1. The van der Waals surface area contributed by atoms with Crippen LogP contribution in [0.25, 0.3) is 0 Å². The normalized spacial score (nSPS) is 20.4. The zero-order valence-corrected chi connectivity index (χ0v) is 16.7. The summed E-state index contributed by atoms with van der Waals surface area (Å²) in [4.78, 5) is 23.8. The van der Waals surface area contributed by atoms with Crippen molar-refractivity contribution in [1.29, 1.82) is 0 Å². The number of rotatable bonds is 3. The number of fused-ring (bicyclic) bond motifs is 1. The number of methoxy groups -OCH3 is 1. The Bertz CT molecular complexity index is 858. The third-order valence-corrected chi connectivity index (χ3v) is 5.42. The van der Waals surface area contributed by atoms with E-state index >= 15 is 0 Å². The van der Waals surface area contributed by atoms with Gasteiger partial charge in [0, 0.05) is 46.5 Å². The SMILES string of the molecule is COC(C)c1cc(F)c(N2CCN(C3=NC4=CN(C)CN4C(=O)N3)CC2)c(F)c1. The highest BCUT2D eigenvalue weighted by molar-refractivity contribution is 5.99. The van der Waals surface area contributed by atoms with E-state index in [1.54, 1.807) is 16.7 Å². The molecule has 3 heterocycles. The van der Waals surface area contributed by atoms with Gasteiger partial charge in [-0.1, -0.05) is 0 Å². The van der Waals surface area contributed by atoms with Crippen LogP contribution in [0.4, 0.5) is 19.3 Å². The largest absolute Gasteiger partial charge is 0.377 e. The summed E-state index contributed by atoms with van der Waals surface area (Å²) in [6.07, 6.45) is 1.42. The third kappa shape index (κ3) is 3.59. The molecule has 4 rings (SSSR count). The lowest BCUT2D eigenvalue weighted by Crippen LogP contribution is -2.57. The Hall–Kier alpha value is -2.88. The van der Waals surface area contributed by atoms with Gasteiger partial charge in [0.2, 0.25) is 5.96 Å². The highest BCUT2D eigenvalue weighted by Gasteiger charge is 2.33. The van der Waals surface area contributed by atoms with Gasteiger partial charge in [0.05, 0.1) is 6.10 Å². The Morgan fingerprint density at radius 1 is 1.14 bits per heavy atom. The fourth-order valence-electron chi connectivity index (χ4n) is 3.71. The van der Waals surface area contributed by atoms with Crippen molar-refractivity contribution >= 4 is 17.7 Å². The highest BCUT2D eigenvalue weighted by atomic mass is 19.1. The average Bonchev–Trinajstić information content (AvgIpc) is 3.08. The second kappa shape index (κ2) is 7.51. The van der Waals surface area contributed by atoms with E-state index in [9.17, 15) is 13.6 Å². The van der Waals surface area contributed by atoms with Crippen LogP contribution >= 0.6 is 0 Å². The van der Waals surface area contributed by atoms with Crippen LogP contribution in [0.2, 0.25) is 0 Å². The van der Waals surface area contributed by atoms with Gasteiger partial charge < -0.3 is 19.4 Å². The summed E-state index contributed by atoms with van der Waals surface area (Å²) in [7, 11) is 3.37. The smallest absolute Gasteiger partial charge is 0.331 e. The molecule has 1 saturated heterocycles. The number of aliphatic imine (C=N–C) groups is 1. The minimum Gasteiger partial charge on any atom is -0.377 e. The van der Waals surface area contributed by atoms with E-state index in [-0.39, 0.29) is 17.8 Å². The van der Waals surface area contributed by atoms with Crippen molar-refractivity contribution < 1.29 is 18.3 Å². The first kappa shape index (κ1) is 19.4. The number of carbonyl (C=O) groups excluding carboxylic acids is 1. The number of anilines is 1. The molecule has 3 aliphatic heterocycles. The van der Waals surface area contributed by atoms with Crippen molar-refractivity contribution in [3.8, 4) is 0 Å². The Labute approximate surface area is 168 Å². The molecule has 1 atom stereocenters. The number of benzene rings is 1. The molecule has 2 amide bonds. The molecule has 10 heteroatoms. The van der Waals surface area contributed by atoms with E-state index in [2.05, 4.69) is 10.3 Å². The van der Waals surface area contributed by atoms with Gasteiger partial charge in [-0.3, -0.25) is 10.2 Å². The maximum Gasteiger partial charge on any atom is 0.331 e. The topological polar surface area (TPSA) is 63.7 Å². The van der Waals surface area contributed by atoms with Crippen molar-refractivity contribution in [2.45, 2.75) is 13.0 Å². The number of nitrogens with one attached hydrogen (secondary N) is 1. The number of ether oxygens (including phenoxy) is 1. The number of urea groups is 1. The predicted molar refractivity (Wildman–Crippen MR) is 104 cm³/mol. The maximum atomic E-state index is 14.6. The summed E-state index contributed by atoms with van der Waals surface area (Å²) in [6.45, 7) is 3.98. The summed E-state index contributed by atoms with van der Waals surface area (Å²) < 4.78 is 34.4. The molecule has 1 aromatic carbocycles. The second-order valence-electron chi connectivity index (χ2n) is 7.36. The average molecular weight is 406 g/mol. The van der Waals surface area contributed by atoms with Crippen LogP contribution in [0, 0.1) is 11.6 Å². The molecule has 0 saturated carbocycles. The van der Waals surface area contributed by atoms with Crippen molar-refractivity contribution in [1.82, 2.24) is 20.0 Å². The second-order valence-corrected chi connectivity index (χ2v) is 7.36. The summed E-state index contributed by atoms with van der Waals surface area (Å²) in [5.41, 5.74) is 0.432. The first-order valence-electron chi connectivity index (χ1n) is 9.48. The van der Waals surface area contributed by atoms with Crippen molar-refractivity contribution in [3.63, 3.8) is 0 Å². The van der Waals surface area contributed by atoms with Gasteiger partial charge in [0.15, 0.2) is 5.82 Å².